The summed E-state index contributed by atoms with van der Waals surface area (Å²) in [6, 6.07) is 7.81. The number of rotatable bonds is 4. The second-order valence-corrected chi connectivity index (χ2v) is 8.04. The fourth-order valence-electron chi connectivity index (χ4n) is 3.84. The molecule has 0 aliphatic heterocycles. The number of ether oxygens (including phenoxy) is 1. The molecule has 4 aromatic rings. The number of nitrogens with zero attached hydrogens (tertiary/aromatic N) is 4. The van der Waals surface area contributed by atoms with E-state index in [2.05, 4.69) is 15.3 Å². The molecular formula is C21H20N6O2S. The van der Waals surface area contributed by atoms with Crippen molar-refractivity contribution in [3.05, 3.63) is 48.0 Å². The number of nitrogens with one attached hydrogen (secondary N) is 2. The molecule has 152 valence electrons. The first-order chi connectivity index (χ1) is 14.7. The number of thiazole rings is 1. The zero-order valence-corrected chi connectivity index (χ0v) is 17.4. The van der Waals surface area contributed by atoms with Gasteiger partial charge in [-0.05, 0) is 31.4 Å². The SMILES string of the molecule is COc1ccccc1-n1nc(-c2c[nH]cn2)c2c1-c1sc(NC(C)=O)nc1CCC2. The largest absolute Gasteiger partial charge is 0.494 e. The van der Waals surface area contributed by atoms with E-state index in [1.54, 1.807) is 13.4 Å². The second-order valence-electron chi connectivity index (χ2n) is 7.04. The number of fused-ring (bicyclic) bond motifs is 3. The molecular weight excluding hydrogens is 400 g/mol. The van der Waals surface area contributed by atoms with E-state index in [0.717, 1.165) is 63.9 Å². The average Bonchev–Trinajstić information content (AvgIpc) is 3.44. The first-order valence-electron chi connectivity index (χ1n) is 9.68. The van der Waals surface area contributed by atoms with Crippen LogP contribution in [0.2, 0.25) is 0 Å². The molecule has 1 aromatic carbocycles. The minimum atomic E-state index is -0.130. The molecule has 30 heavy (non-hydrogen) atoms. The number of aromatic amines is 1. The third-order valence-corrected chi connectivity index (χ3v) is 6.09. The number of hydrogen-bond acceptors (Lipinski definition) is 6. The molecule has 5 rings (SSSR count). The highest BCUT2D eigenvalue weighted by Gasteiger charge is 2.29. The lowest BCUT2D eigenvalue weighted by Crippen LogP contribution is -2.05. The Hall–Kier alpha value is -3.46. The topological polar surface area (TPSA) is 97.7 Å². The molecule has 2 N–H and O–H groups in total. The summed E-state index contributed by atoms with van der Waals surface area (Å²) in [7, 11) is 1.66. The van der Waals surface area contributed by atoms with Crippen LogP contribution in [0.5, 0.6) is 5.75 Å². The van der Waals surface area contributed by atoms with Gasteiger partial charge in [0.15, 0.2) is 5.13 Å². The summed E-state index contributed by atoms with van der Waals surface area (Å²) in [4.78, 5) is 24.8. The molecule has 0 saturated carbocycles. The molecule has 0 spiro atoms. The normalized spacial score (nSPS) is 12.7. The summed E-state index contributed by atoms with van der Waals surface area (Å²) < 4.78 is 7.54. The lowest BCUT2D eigenvalue weighted by Gasteiger charge is -2.11. The van der Waals surface area contributed by atoms with Crippen LogP contribution in [-0.4, -0.2) is 37.7 Å². The van der Waals surface area contributed by atoms with Gasteiger partial charge in [-0.1, -0.05) is 23.5 Å². The van der Waals surface area contributed by atoms with Crippen molar-refractivity contribution in [1.82, 2.24) is 24.7 Å². The predicted octanol–water partition coefficient (Wildman–Crippen LogP) is 3.84. The fraction of sp³-hybridized carbons (Fsp3) is 0.238. The van der Waals surface area contributed by atoms with Crippen molar-refractivity contribution in [2.75, 3.05) is 12.4 Å². The first-order valence-corrected chi connectivity index (χ1v) is 10.5. The number of carbonyl (C=O) groups excluding carboxylic acids is 1. The van der Waals surface area contributed by atoms with Gasteiger partial charge in [-0.3, -0.25) is 4.79 Å². The zero-order valence-electron chi connectivity index (χ0n) is 16.6. The Morgan fingerprint density at radius 1 is 1.30 bits per heavy atom. The fourth-order valence-corrected chi connectivity index (χ4v) is 4.95. The van der Waals surface area contributed by atoms with Crippen LogP contribution in [0.25, 0.3) is 27.6 Å². The Balaban J connectivity index is 1.79. The van der Waals surface area contributed by atoms with Crippen LogP contribution in [0.3, 0.4) is 0 Å². The number of imidazole rings is 1. The van der Waals surface area contributed by atoms with Crippen molar-refractivity contribution >= 4 is 22.4 Å². The molecule has 0 atom stereocenters. The van der Waals surface area contributed by atoms with Gasteiger partial charge >= 0.3 is 0 Å². The molecule has 1 amide bonds. The van der Waals surface area contributed by atoms with E-state index >= 15 is 0 Å². The molecule has 3 aromatic heterocycles. The van der Waals surface area contributed by atoms with E-state index in [-0.39, 0.29) is 5.91 Å². The average molecular weight is 420 g/mol. The smallest absolute Gasteiger partial charge is 0.223 e. The number of amides is 1. The van der Waals surface area contributed by atoms with E-state index in [1.165, 1.54) is 18.3 Å². The summed E-state index contributed by atoms with van der Waals surface area (Å²) >= 11 is 1.48. The van der Waals surface area contributed by atoms with Gasteiger partial charge in [0.05, 0.1) is 29.7 Å². The highest BCUT2D eigenvalue weighted by molar-refractivity contribution is 7.19. The Bertz CT molecular complexity index is 1220. The van der Waals surface area contributed by atoms with Crippen molar-refractivity contribution in [3.63, 3.8) is 0 Å². The van der Waals surface area contributed by atoms with Gasteiger partial charge < -0.3 is 15.0 Å². The number of anilines is 1. The van der Waals surface area contributed by atoms with Crippen molar-refractivity contribution in [2.24, 2.45) is 0 Å². The van der Waals surface area contributed by atoms with Gasteiger partial charge in [-0.25, -0.2) is 14.6 Å². The molecule has 1 aliphatic carbocycles. The molecule has 0 radical (unpaired) electrons. The third kappa shape index (κ3) is 3.07. The van der Waals surface area contributed by atoms with E-state index in [9.17, 15) is 4.79 Å². The highest BCUT2D eigenvalue weighted by atomic mass is 32.1. The molecule has 0 fully saturated rings. The van der Waals surface area contributed by atoms with Gasteiger partial charge in [0.1, 0.15) is 22.8 Å². The van der Waals surface area contributed by atoms with Crippen LogP contribution in [0.15, 0.2) is 36.8 Å². The zero-order chi connectivity index (χ0) is 20.7. The summed E-state index contributed by atoms with van der Waals surface area (Å²) in [5, 5.41) is 8.40. The molecule has 3 heterocycles. The Labute approximate surface area is 177 Å². The minimum Gasteiger partial charge on any atom is -0.494 e. The van der Waals surface area contributed by atoms with Crippen LogP contribution in [0.1, 0.15) is 24.6 Å². The Morgan fingerprint density at radius 2 is 2.17 bits per heavy atom. The highest BCUT2D eigenvalue weighted by Crippen LogP contribution is 2.43. The maximum Gasteiger partial charge on any atom is 0.223 e. The maximum absolute atomic E-state index is 11.6. The monoisotopic (exact) mass is 420 g/mol. The molecule has 9 heteroatoms. The van der Waals surface area contributed by atoms with Crippen molar-refractivity contribution in [2.45, 2.75) is 26.2 Å². The van der Waals surface area contributed by atoms with Gasteiger partial charge in [0.2, 0.25) is 5.91 Å². The number of H-pyrrole nitrogens is 1. The van der Waals surface area contributed by atoms with E-state index in [4.69, 9.17) is 14.8 Å². The van der Waals surface area contributed by atoms with Gasteiger partial charge in [0.25, 0.3) is 0 Å². The molecule has 0 saturated heterocycles. The van der Waals surface area contributed by atoms with Crippen molar-refractivity contribution in [3.8, 4) is 33.4 Å². The van der Waals surface area contributed by atoms with Crippen molar-refractivity contribution < 1.29 is 9.53 Å². The van der Waals surface area contributed by atoms with Gasteiger partial charge in [-0.2, -0.15) is 5.10 Å². The number of benzene rings is 1. The van der Waals surface area contributed by atoms with Crippen LogP contribution in [0, 0.1) is 0 Å². The number of aromatic nitrogens is 5. The standard InChI is InChI=1S/C21H20N6O2S/c1-12(28)24-21-25-14-7-5-6-13-18(15-10-22-11-23-15)26-27(19(13)20(14)30-21)16-8-3-4-9-17(16)29-2/h3-4,8-11H,5-7H2,1-2H3,(H,22,23)(H,24,25,28). The number of aryl methyl sites for hydroxylation is 1. The van der Waals surface area contributed by atoms with Gasteiger partial charge in [-0.15, -0.1) is 0 Å². The Morgan fingerprint density at radius 3 is 2.93 bits per heavy atom. The minimum absolute atomic E-state index is 0.130. The van der Waals surface area contributed by atoms with Crippen LogP contribution in [-0.2, 0) is 17.6 Å². The van der Waals surface area contributed by atoms with Crippen LogP contribution in [0.4, 0.5) is 5.13 Å². The van der Waals surface area contributed by atoms with E-state index < -0.39 is 0 Å². The molecule has 8 nitrogen and oxygen atoms in total. The molecule has 0 unspecified atom stereocenters. The first kappa shape index (κ1) is 18.6. The van der Waals surface area contributed by atoms with E-state index in [1.807, 2.05) is 35.1 Å². The number of carbonyl (C=O) groups is 1. The number of methoxy groups -OCH3 is 1. The predicted molar refractivity (Wildman–Crippen MR) is 115 cm³/mol. The molecule has 0 bridgehead atoms. The third-order valence-electron chi connectivity index (χ3n) is 5.07. The number of hydrogen-bond donors (Lipinski definition) is 2. The quantitative estimate of drug-likeness (QED) is 0.523. The summed E-state index contributed by atoms with van der Waals surface area (Å²) in [6.07, 6.45) is 6.17. The van der Waals surface area contributed by atoms with Crippen molar-refractivity contribution in [1.29, 1.82) is 0 Å². The summed E-state index contributed by atoms with van der Waals surface area (Å²) in [5.74, 6) is 0.600. The second kappa shape index (κ2) is 7.42. The summed E-state index contributed by atoms with van der Waals surface area (Å²) in [6.45, 7) is 1.49. The molecule has 1 aliphatic rings. The lowest BCUT2D eigenvalue weighted by atomic mass is 10.1. The summed E-state index contributed by atoms with van der Waals surface area (Å²) in [5.41, 5.74) is 5.59. The van der Waals surface area contributed by atoms with Gasteiger partial charge in [0, 0.05) is 18.7 Å². The van der Waals surface area contributed by atoms with E-state index in [0.29, 0.717) is 5.13 Å². The Kier molecular flexibility index (Phi) is 4.59. The maximum atomic E-state index is 11.6. The lowest BCUT2D eigenvalue weighted by molar-refractivity contribution is -0.114. The van der Waals surface area contributed by atoms with Crippen LogP contribution < -0.4 is 10.1 Å². The number of para-hydroxylation sites is 2. The van der Waals surface area contributed by atoms with Crippen LogP contribution >= 0.6 is 11.3 Å².